The van der Waals surface area contributed by atoms with Crippen molar-refractivity contribution < 1.29 is 9.53 Å². The first-order valence-electron chi connectivity index (χ1n) is 8.83. The van der Waals surface area contributed by atoms with E-state index in [0.717, 1.165) is 37.6 Å². The number of para-hydroxylation sites is 1. The molecule has 0 aromatic heterocycles. The fourth-order valence-corrected chi connectivity index (χ4v) is 3.40. The van der Waals surface area contributed by atoms with Crippen LogP contribution in [-0.2, 0) is 4.79 Å². The Bertz CT molecular complexity index is 534. The van der Waals surface area contributed by atoms with E-state index in [0.29, 0.717) is 6.54 Å². The Morgan fingerprint density at radius 1 is 1.26 bits per heavy atom. The third-order valence-corrected chi connectivity index (χ3v) is 5.17. The van der Waals surface area contributed by atoms with E-state index >= 15 is 0 Å². The zero-order chi connectivity index (χ0) is 16.2. The van der Waals surface area contributed by atoms with E-state index in [4.69, 9.17) is 4.74 Å². The molecule has 4 nitrogen and oxygen atoms in total. The Balaban J connectivity index is 1.75. The van der Waals surface area contributed by atoms with Gasteiger partial charge in [-0.2, -0.15) is 0 Å². The van der Waals surface area contributed by atoms with E-state index in [2.05, 4.69) is 29.3 Å². The molecule has 1 aromatic carbocycles. The van der Waals surface area contributed by atoms with Gasteiger partial charge in [0.2, 0.25) is 5.91 Å². The van der Waals surface area contributed by atoms with Gasteiger partial charge in [0.15, 0.2) is 0 Å². The number of nitrogens with one attached hydrogen (secondary N) is 1. The largest absolute Gasteiger partial charge is 0.496 e. The van der Waals surface area contributed by atoms with Crippen LogP contribution in [0.2, 0.25) is 0 Å². The summed E-state index contributed by atoms with van der Waals surface area (Å²) >= 11 is 0. The maximum absolute atomic E-state index is 12.1. The Hall–Kier alpha value is -1.55. The Kier molecular flexibility index (Phi) is 5.21. The van der Waals surface area contributed by atoms with Crippen molar-refractivity contribution in [3.8, 4) is 5.75 Å². The van der Waals surface area contributed by atoms with Crippen LogP contribution in [0.5, 0.6) is 5.75 Å². The highest BCUT2D eigenvalue weighted by atomic mass is 16.5. The highest BCUT2D eigenvalue weighted by Gasteiger charge is 2.32. The summed E-state index contributed by atoms with van der Waals surface area (Å²) in [7, 11) is 1.72. The highest BCUT2D eigenvalue weighted by molar-refractivity contribution is 5.80. The second-order valence-corrected chi connectivity index (χ2v) is 7.00. The molecule has 1 N–H and O–H groups in total. The standard InChI is InChI=1S/C19H28N2O2/c1-14-9-11-21(12-10-14)17(13-20-19(22)15-7-8-15)16-5-3-4-6-18(16)23-2/h3-6,14-15,17H,7-13H2,1-2H3,(H,20,22). The summed E-state index contributed by atoms with van der Waals surface area (Å²) in [4.78, 5) is 14.6. The minimum Gasteiger partial charge on any atom is -0.496 e. The predicted octanol–water partition coefficient (Wildman–Crippen LogP) is 2.99. The van der Waals surface area contributed by atoms with Crippen LogP contribution in [0.1, 0.15) is 44.2 Å². The summed E-state index contributed by atoms with van der Waals surface area (Å²) in [5.74, 6) is 2.19. The molecule has 1 aliphatic heterocycles. The third kappa shape index (κ3) is 4.05. The molecule has 1 amide bonds. The molecule has 2 aliphatic rings. The number of hydrogen-bond donors (Lipinski definition) is 1. The van der Waals surface area contributed by atoms with E-state index in [1.165, 1.54) is 18.4 Å². The van der Waals surface area contributed by atoms with E-state index in [-0.39, 0.29) is 17.9 Å². The van der Waals surface area contributed by atoms with Crippen molar-refractivity contribution in [2.24, 2.45) is 11.8 Å². The van der Waals surface area contributed by atoms with Crippen LogP contribution < -0.4 is 10.1 Å². The number of carbonyl (C=O) groups excluding carboxylic acids is 1. The minimum absolute atomic E-state index is 0.196. The second kappa shape index (κ2) is 7.35. The average molecular weight is 316 g/mol. The maximum atomic E-state index is 12.1. The molecule has 1 unspecified atom stereocenters. The smallest absolute Gasteiger partial charge is 0.223 e. The fraction of sp³-hybridized carbons (Fsp3) is 0.632. The first-order valence-corrected chi connectivity index (χ1v) is 8.83. The average Bonchev–Trinajstić information content (AvgIpc) is 3.42. The molecular weight excluding hydrogens is 288 g/mol. The van der Waals surface area contributed by atoms with Crippen LogP contribution in [0.3, 0.4) is 0 Å². The van der Waals surface area contributed by atoms with Crippen LogP contribution in [-0.4, -0.2) is 37.6 Å². The second-order valence-electron chi connectivity index (χ2n) is 7.00. The van der Waals surface area contributed by atoms with Crippen molar-refractivity contribution in [3.05, 3.63) is 29.8 Å². The normalized spacial score (nSPS) is 21.0. The molecule has 0 spiro atoms. The number of ether oxygens (including phenoxy) is 1. The zero-order valence-electron chi connectivity index (χ0n) is 14.3. The molecule has 1 aromatic rings. The number of methoxy groups -OCH3 is 1. The van der Waals surface area contributed by atoms with Crippen LogP contribution >= 0.6 is 0 Å². The number of nitrogens with zero attached hydrogens (tertiary/aromatic N) is 1. The third-order valence-electron chi connectivity index (χ3n) is 5.17. The van der Waals surface area contributed by atoms with Crippen molar-refractivity contribution in [1.82, 2.24) is 10.2 Å². The van der Waals surface area contributed by atoms with Gasteiger partial charge in [0, 0.05) is 18.0 Å². The fourth-order valence-electron chi connectivity index (χ4n) is 3.40. The predicted molar refractivity (Wildman–Crippen MR) is 91.4 cm³/mol. The number of likely N-dealkylation sites (tertiary alicyclic amines) is 1. The van der Waals surface area contributed by atoms with Gasteiger partial charge in [-0.3, -0.25) is 9.69 Å². The molecule has 2 fully saturated rings. The lowest BCUT2D eigenvalue weighted by Gasteiger charge is -2.37. The number of rotatable bonds is 6. The Morgan fingerprint density at radius 3 is 2.61 bits per heavy atom. The van der Waals surface area contributed by atoms with Crippen LogP contribution in [0.25, 0.3) is 0 Å². The van der Waals surface area contributed by atoms with E-state index in [1.54, 1.807) is 7.11 Å². The zero-order valence-corrected chi connectivity index (χ0v) is 14.3. The van der Waals surface area contributed by atoms with Gasteiger partial charge in [-0.15, -0.1) is 0 Å². The molecule has 1 saturated heterocycles. The lowest BCUT2D eigenvalue weighted by atomic mass is 9.95. The molecule has 1 saturated carbocycles. The molecule has 0 bridgehead atoms. The summed E-state index contributed by atoms with van der Waals surface area (Å²) < 4.78 is 5.57. The van der Waals surface area contributed by atoms with Crippen molar-refractivity contribution in [3.63, 3.8) is 0 Å². The molecule has 4 heteroatoms. The lowest BCUT2D eigenvalue weighted by molar-refractivity contribution is -0.122. The van der Waals surface area contributed by atoms with E-state index in [1.807, 2.05) is 12.1 Å². The topological polar surface area (TPSA) is 41.6 Å². The lowest BCUT2D eigenvalue weighted by Crippen LogP contribution is -2.42. The highest BCUT2D eigenvalue weighted by Crippen LogP contribution is 2.33. The minimum atomic E-state index is 0.196. The van der Waals surface area contributed by atoms with Crippen LogP contribution in [0.15, 0.2) is 24.3 Å². The van der Waals surface area contributed by atoms with Gasteiger partial charge in [-0.1, -0.05) is 25.1 Å². The van der Waals surface area contributed by atoms with Crippen molar-refractivity contribution in [2.45, 2.75) is 38.6 Å². The first kappa shape index (κ1) is 16.3. The van der Waals surface area contributed by atoms with Crippen LogP contribution in [0, 0.1) is 11.8 Å². The molecule has 1 heterocycles. The van der Waals surface area contributed by atoms with Gasteiger partial charge in [-0.05, 0) is 50.8 Å². The molecule has 126 valence electrons. The molecule has 23 heavy (non-hydrogen) atoms. The molecule has 1 atom stereocenters. The van der Waals surface area contributed by atoms with Crippen molar-refractivity contribution in [1.29, 1.82) is 0 Å². The summed E-state index contributed by atoms with van der Waals surface area (Å²) in [5, 5.41) is 3.17. The maximum Gasteiger partial charge on any atom is 0.223 e. The number of benzene rings is 1. The molecule has 0 radical (unpaired) electrons. The van der Waals surface area contributed by atoms with E-state index in [9.17, 15) is 4.79 Å². The summed E-state index contributed by atoms with van der Waals surface area (Å²) in [6.07, 6.45) is 4.54. The van der Waals surface area contributed by atoms with Crippen molar-refractivity contribution in [2.75, 3.05) is 26.7 Å². The van der Waals surface area contributed by atoms with Gasteiger partial charge >= 0.3 is 0 Å². The van der Waals surface area contributed by atoms with Gasteiger partial charge in [-0.25, -0.2) is 0 Å². The summed E-state index contributed by atoms with van der Waals surface area (Å²) in [6, 6.07) is 8.39. The number of amides is 1. The number of piperidine rings is 1. The van der Waals surface area contributed by atoms with Gasteiger partial charge in [0.05, 0.1) is 13.2 Å². The summed E-state index contributed by atoms with van der Waals surface area (Å²) in [5.41, 5.74) is 1.18. The van der Waals surface area contributed by atoms with Crippen LogP contribution in [0.4, 0.5) is 0 Å². The van der Waals surface area contributed by atoms with Gasteiger partial charge in [0.1, 0.15) is 5.75 Å². The van der Waals surface area contributed by atoms with Gasteiger partial charge < -0.3 is 10.1 Å². The molecule has 3 rings (SSSR count). The van der Waals surface area contributed by atoms with Gasteiger partial charge in [0.25, 0.3) is 0 Å². The Labute approximate surface area is 139 Å². The monoisotopic (exact) mass is 316 g/mol. The quantitative estimate of drug-likeness (QED) is 0.877. The molecular formula is C19H28N2O2. The summed E-state index contributed by atoms with van der Waals surface area (Å²) in [6.45, 7) is 5.17. The Morgan fingerprint density at radius 2 is 1.96 bits per heavy atom. The number of carbonyl (C=O) groups is 1. The molecule has 1 aliphatic carbocycles. The SMILES string of the molecule is COc1ccccc1C(CNC(=O)C1CC1)N1CCC(C)CC1. The first-order chi connectivity index (χ1) is 11.2. The number of hydrogen-bond acceptors (Lipinski definition) is 3. The van der Waals surface area contributed by atoms with E-state index < -0.39 is 0 Å². The van der Waals surface area contributed by atoms with Crippen molar-refractivity contribution >= 4 is 5.91 Å².